The zero-order chi connectivity index (χ0) is 13.8. The van der Waals surface area contributed by atoms with E-state index in [9.17, 15) is 0 Å². The number of likely N-dealkylation sites (N-methyl/N-ethyl adjacent to an activating group) is 1. The molecule has 1 rings (SSSR count). The normalized spacial score (nSPS) is 32.5. The molecule has 0 aromatic heterocycles. The van der Waals surface area contributed by atoms with E-state index >= 15 is 0 Å². The number of hydrazine groups is 1. The maximum Gasteiger partial charge on any atom is 0.0420 e. The van der Waals surface area contributed by atoms with Crippen molar-refractivity contribution >= 4 is 0 Å². The zero-order valence-electron chi connectivity index (χ0n) is 13.0. The molecule has 0 aliphatic heterocycles. The summed E-state index contributed by atoms with van der Waals surface area (Å²) in [7, 11) is 4.44. The van der Waals surface area contributed by atoms with Crippen molar-refractivity contribution in [2.45, 2.75) is 70.9 Å². The molecule has 108 valence electrons. The van der Waals surface area contributed by atoms with E-state index in [1.807, 2.05) is 0 Å². The molecule has 1 aliphatic carbocycles. The van der Waals surface area contributed by atoms with Crippen molar-refractivity contribution in [2.75, 3.05) is 14.1 Å². The Kier molecular flexibility index (Phi) is 6.09. The average Bonchev–Trinajstić information content (AvgIpc) is 2.32. The van der Waals surface area contributed by atoms with Gasteiger partial charge in [0, 0.05) is 11.6 Å². The van der Waals surface area contributed by atoms with E-state index in [0.717, 1.165) is 5.92 Å². The second-order valence-electron chi connectivity index (χ2n) is 6.59. The van der Waals surface area contributed by atoms with Crippen LogP contribution in [-0.4, -0.2) is 30.6 Å². The van der Waals surface area contributed by atoms with Crippen LogP contribution in [0.3, 0.4) is 0 Å². The van der Waals surface area contributed by atoms with Gasteiger partial charge in [0.05, 0.1) is 0 Å². The quantitative estimate of drug-likeness (QED) is 0.566. The van der Waals surface area contributed by atoms with Crippen molar-refractivity contribution < 1.29 is 0 Å². The predicted molar refractivity (Wildman–Crippen MR) is 79.2 cm³/mol. The Morgan fingerprint density at radius 1 is 1.33 bits per heavy atom. The van der Waals surface area contributed by atoms with Crippen LogP contribution in [-0.2, 0) is 0 Å². The van der Waals surface area contributed by atoms with E-state index < -0.39 is 0 Å². The molecule has 18 heavy (non-hydrogen) atoms. The lowest BCUT2D eigenvalue weighted by atomic mass is 9.68. The lowest BCUT2D eigenvalue weighted by Crippen LogP contribution is -2.64. The molecule has 3 nitrogen and oxygen atoms in total. The Labute approximate surface area is 113 Å². The van der Waals surface area contributed by atoms with Gasteiger partial charge >= 0.3 is 0 Å². The molecule has 0 bridgehead atoms. The molecular weight excluding hydrogens is 222 g/mol. The van der Waals surface area contributed by atoms with Crippen LogP contribution in [0.1, 0.15) is 59.3 Å². The Morgan fingerprint density at radius 3 is 2.28 bits per heavy atom. The van der Waals surface area contributed by atoms with E-state index in [2.05, 4.69) is 45.2 Å². The third-order valence-electron chi connectivity index (χ3n) is 5.10. The molecular formula is C15H33N3. The van der Waals surface area contributed by atoms with Gasteiger partial charge in [-0.05, 0) is 58.0 Å². The highest BCUT2D eigenvalue weighted by molar-refractivity contribution is 5.02. The second-order valence-corrected chi connectivity index (χ2v) is 6.59. The Bertz CT molecular complexity index is 232. The summed E-state index contributed by atoms with van der Waals surface area (Å²) in [5.41, 5.74) is 3.40. The van der Waals surface area contributed by atoms with Gasteiger partial charge in [-0.2, -0.15) is 0 Å². The topological polar surface area (TPSA) is 41.3 Å². The lowest BCUT2D eigenvalue weighted by Gasteiger charge is -2.51. The van der Waals surface area contributed by atoms with Crippen LogP contribution < -0.4 is 11.3 Å². The molecule has 1 fully saturated rings. The van der Waals surface area contributed by atoms with Gasteiger partial charge in [0.15, 0.2) is 0 Å². The van der Waals surface area contributed by atoms with Crippen LogP contribution in [0.15, 0.2) is 0 Å². The number of nitrogens with two attached hydrogens (primary N) is 1. The number of rotatable bonds is 6. The molecule has 2 atom stereocenters. The van der Waals surface area contributed by atoms with Crippen LogP contribution in [0.5, 0.6) is 0 Å². The summed E-state index contributed by atoms with van der Waals surface area (Å²) in [5, 5.41) is 0. The van der Waals surface area contributed by atoms with Gasteiger partial charge in [-0.1, -0.05) is 27.2 Å². The van der Waals surface area contributed by atoms with Crippen LogP contribution in [0, 0.1) is 11.8 Å². The minimum Gasteiger partial charge on any atom is -0.302 e. The molecule has 1 aliphatic rings. The predicted octanol–water partition coefficient (Wildman–Crippen LogP) is 2.77. The van der Waals surface area contributed by atoms with Crippen LogP contribution in [0.25, 0.3) is 0 Å². The van der Waals surface area contributed by atoms with Gasteiger partial charge in [0.2, 0.25) is 0 Å². The maximum atomic E-state index is 5.92. The summed E-state index contributed by atoms with van der Waals surface area (Å²) in [6.07, 6.45) is 7.68. The van der Waals surface area contributed by atoms with Crippen molar-refractivity contribution in [3.05, 3.63) is 0 Å². The SMILES string of the molecule is CCCC(C)C(NN)C1(N(C)C)CCC(C)CC1. The summed E-state index contributed by atoms with van der Waals surface area (Å²) in [4.78, 5) is 2.43. The summed E-state index contributed by atoms with van der Waals surface area (Å²) >= 11 is 0. The van der Waals surface area contributed by atoms with E-state index in [4.69, 9.17) is 5.84 Å². The molecule has 0 saturated heterocycles. The molecule has 0 spiro atoms. The van der Waals surface area contributed by atoms with E-state index in [0.29, 0.717) is 12.0 Å². The van der Waals surface area contributed by atoms with Gasteiger partial charge in [0.1, 0.15) is 0 Å². The highest BCUT2D eigenvalue weighted by atomic mass is 15.3. The number of hydrogen-bond donors (Lipinski definition) is 2. The molecule has 0 amide bonds. The maximum absolute atomic E-state index is 5.92. The van der Waals surface area contributed by atoms with E-state index in [1.165, 1.54) is 38.5 Å². The smallest absolute Gasteiger partial charge is 0.0420 e. The van der Waals surface area contributed by atoms with Crippen LogP contribution in [0.2, 0.25) is 0 Å². The highest BCUT2D eigenvalue weighted by Crippen LogP contribution is 2.40. The molecule has 3 heteroatoms. The first-order chi connectivity index (χ1) is 8.47. The summed E-state index contributed by atoms with van der Waals surface area (Å²) in [6, 6.07) is 0.403. The molecule has 2 unspecified atom stereocenters. The largest absolute Gasteiger partial charge is 0.302 e. The van der Waals surface area contributed by atoms with Gasteiger partial charge in [-0.15, -0.1) is 0 Å². The summed E-state index contributed by atoms with van der Waals surface area (Å²) < 4.78 is 0. The fourth-order valence-electron chi connectivity index (χ4n) is 3.77. The number of nitrogens with one attached hydrogen (secondary N) is 1. The van der Waals surface area contributed by atoms with Crippen LogP contribution >= 0.6 is 0 Å². The fraction of sp³-hybridized carbons (Fsp3) is 1.00. The van der Waals surface area contributed by atoms with Gasteiger partial charge < -0.3 is 4.90 Å². The highest BCUT2D eigenvalue weighted by Gasteiger charge is 2.44. The first-order valence-corrected chi connectivity index (χ1v) is 7.61. The monoisotopic (exact) mass is 255 g/mol. The molecule has 0 aromatic carbocycles. The first kappa shape index (κ1) is 15.9. The average molecular weight is 255 g/mol. The minimum atomic E-state index is 0.246. The molecule has 0 aromatic rings. The standard InChI is InChI=1S/C15H33N3/c1-6-7-13(3)14(17-16)15(18(4)5)10-8-12(2)9-11-15/h12-14,17H,6-11,16H2,1-5H3. The number of nitrogens with zero attached hydrogens (tertiary/aromatic N) is 1. The summed E-state index contributed by atoms with van der Waals surface area (Å²) in [6.45, 7) is 6.98. The Morgan fingerprint density at radius 2 is 1.89 bits per heavy atom. The third kappa shape index (κ3) is 3.25. The Hall–Kier alpha value is -0.120. The van der Waals surface area contributed by atoms with Crippen molar-refractivity contribution in [3.63, 3.8) is 0 Å². The zero-order valence-corrected chi connectivity index (χ0v) is 13.0. The molecule has 1 saturated carbocycles. The van der Waals surface area contributed by atoms with Crippen LogP contribution in [0.4, 0.5) is 0 Å². The molecule has 3 N–H and O–H groups in total. The molecule has 0 radical (unpaired) electrons. The van der Waals surface area contributed by atoms with E-state index in [-0.39, 0.29) is 5.54 Å². The minimum absolute atomic E-state index is 0.246. The third-order valence-corrected chi connectivity index (χ3v) is 5.10. The van der Waals surface area contributed by atoms with E-state index in [1.54, 1.807) is 0 Å². The van der Waals surface area contributed by atoms with Crippen molar-refractivity contribution in [2.24, 2.45) is 17.7 Å². The summed E-state index contributed by atoms with van der Waals surface area (Å²) in [5.74, 6) is 7.42. The second kappa shape index (κ2) is 6.88. The van der Waals surface area contributed by atoms with Gasteiger partial charge in [-0.3, -0.25) is 11.3 Å². The van der Waals surface area contributed by atoms with Gasteiger partial charge in [0.25, 0.3) is 0 Å². The van der Waals surface area contributed by atoms with Crippen molar-refractivity contribution in [3.8, 4) is 0 Å². The Balaban J connectivity index is 2.87. The van der Waals surface area contributed by atoms with Crippen molar-refractivity contribution in [1.29, 1.82) is 0 Å². The first-order valence-electron chi connectivity index (χ1n) is 7.61. The van der Waals surface area contributed by atoms with Crippen molar-refractivity contribution in [1.82, 2.24) is 10.3 Å². The lowest BCUT2D eigenvalue weighted by molar-refractivity contribution is 0.0223. The number of hydrogen-bond acceptors (Lipinski definition) is 3. The fourth-order valence-corrected chi connectivity index (χ4v) is 3.77. The van der Waals surface area contributed by atoms with Gasteiger partial charge in [-0.25, -0.2) is 0 Å². The molecule has 0 heterocycles.